The molecule has 9 nitrogen and oxygen atoms in total. The first-order valence-electron chi connectivity index (χ1n) is 12.6. The number of ether oxygens (including phenoxy) is 1. The van der Waals surface area contributed by atoms with Crippen molar-refractivity contribution < 1.29 is 14.3 Å². The maximum atomic E-state index is 12.7. The van der Waals surface area contributed by atoms with E-state index in [2.05, 4.69) is 54.1 Å². The summed E-state index contributed by atoms with van der Waals surface area (Å²) in [5, 5.41) is 5.47. The number of aromatic amines is 2. The Labute approximate surface area is 221 Å². The van der Waals surface area contributed by atoms with E-state index in [0.29, 0.717) is 5.82 Å². The Balaban J connectivity index is 1.41. The maximum Gasteiger partial charge on any atom is 0.407 e. The van der Waals surface area contributed by atoms with Crippen molar-refractivity contribution in [3.8, 4) is 23.1 Å². The smallest absolute Gasteiger partial charge is 0.407 e. The molecule has 4 aromatic rings. The number of nitrogens with zero attached hydrogens (tertiary/aromatic N) is 2. The average Bonchev–Trinajstić information content (AvgIpc) is 3.57. The van der Waals surface area contributed by atoms with E-state index in [1.165, 1.54) is 7.11 Å². The number of hydrogen-bond donors (Lipinski definition) is 4. The van der Waals surface area contributed by atoms with Crippen LogP contribution in [0.3, 0.4) is 0 Å². The number of aryl methyl sites for hydroxylation is 1. The molecule has 4 N–H and O–H groups in total. The SMILES string of the molecule is CCc1nc2ccc(C#Cc3ccc(-c4cnc(C(C)NC(=O)C(NC(=O)OC)C(C)C)[nH]4)cc3)cc2[nH]1. The Morgan fingerprint density at radius 1 is 1.00 bits per heavy atom. The molecule has 0 aliphatic carbocycles. The van der Waals surface area contributed by atoms with Crippen LogP contribution in [-0.4, -0.2) is 45.1 Å². The van der Waals surface area contributed by atoms with Crippen LogP contribution in [0, 0.1) is 17.8 Å². The first-order valence-corrected chi connectivity index (χ1v) is 12.6. The first-order chi connectivity index (χ1) is 18.3. The lowest BCUT2D eigenvalue weighted by Gasteiger charge is -2.22. The van der Waals surface area contributed by atoms with Crippen molar-refractivity contribution >= 4 is 23.0 Å². The molecule has 0 saturated carbocycles. The number of methoxy groups -OCH3 is 1. The fourth-order valence-corrected chi connectivity index (χ4v) is 3.98. The van der Waals surface area contributed by atoms with Crippen LogP contribution in [0.1, 0.15) is 56.5 Å². The third-order valence-electron chi connectivity index (χ3n) is 6.19. The summed E-state index contributed by atoms with van der Waals surface area (Å²) >= 11 is 0. The van der Waals surface area contributed by atoms with Gasteiger partial charge >= 0.3 is 6.09 Å². The van der Waals surface area contributed by atoms with Crippen molar-refractivity contribution in [2.24, 2.45) is 5.92 Å². The molecule has 0 spiro atoms. The zero-order chi connectivity index (χ0) is 27.2. The molecular formula is C29H32N6O3. The number of alkyl carbamates (subject to hydrolysis) is 1. The largest absolute Gasteiger partial charge is 0.453 e. The normalized spacial score (nSPS) is 12.5. The molecule has 2 aromatic heterocycles. The minimum atomic E-state index is -0.719. The molecule has 0 fully saturated rings. The number of carbonyl (C=O) groups is 2. The Hall–Kier alpha value is -4.58. The van der Waals surface area contributed by atoms with Gasteiger partial charge in [0.05, 0.1) is 36.1 Å². The van der Waals surface area contributed by atoms with Crippen molar-refractivity contribution in [2.75, 3.05) is 7.11 Å². The summed E-state index contributed by atoms with van der Waals surface area (Å²) < 4.78 is 4.63. The van der Waals surface area contributed by atoms with E-state index in [-0.39, 0.29) is 17.9 Å². The third kappa shape index (κ3) is 6.21. The predicted octanol–water partition coefficient (Wildman–Crippen LogP) is 4.47. The van der Waals surface area contributed by atoms with Gasteiger partial charge in [0.25, 0.3) is 0 Å². The number of fused-ring (bicyclic) bond motifs is 1. The second kappa shape index (κ2) is 11.6. The van der Waals surface area contributed by atoms with Gasteiger partial charge in [-0.05, 0) is 48.7 Å². The predicted molar refractivity (Wildman–Crippen MR) is 146 cm³/mol. The molecule has 2 unspecified atom stereocenters. The molecule has 2 aromatic carbocycles. The topological polar surface area (TPSA) is 125 Å². The van der Waals surface area contributed by atoms with Gasteiger partial charge in [-0.3, -0.25) is 4.79 Å². The summed E-state index contributed by atoms with van der Waals surface area (Å²) in [5.74, 6) is 7.58. The lowest BCUT2D eigenvalue weighted by Crippen LogP contribution is -2.50. The van der Waals surface area contributed by atoms with Crippen molar-refractivity contribution in [1.29, 1.82) is 0 Å². The van der Waals surface area contributed by atoms with E-state index in [1.54, 1.807) is 6.20 Å². The summed E-state index contributed by atoms with van der Waals surface area (Å²) in [6.07, 6.45) is 1.94. The second-order valence-electron chi connectivity index (χ2n) is 9.37. The molecule has 38 heavy (non-hydrogen) atoms. The van der Waals surface area contributed by atoms with Gasteiger partial charge in [-0.25, -0.2) is 14.8 Å². The van der Waals surface area contributed by atoms with Crippen LogP contribution in [-0.2, 0) is 16.0 Å². The van der Waals surface area contributed by atoms with Crippen LogP contribution in [0.25, 0.3) is 22.3 Å². The molecular weight excluding hydrogens is 480 g/mol. The molecule has 2 atom stereocenters. The molecule has 0 radical (unpaired) electrons. The van der Waals surface area contributed by atoms with Crippen LogP contribution in [0.5, 0.6) is 0 Å². The number of amides is 2. The highest BCUT2D eigenvalue weighted by molar-refractivity contribution is 5.86. The molecule has 196 valence electrons. The molecule has 9 heteroatoms. The fourth-order valence-electron chi connectivity index (χ4n) is 3.98. The number of hydrogen-bond acceptors (Lipinski definition) is 5. The van der Waals surface area contributed by atoms with Crippen molar-refractivity contribution in [1.82, 2.24) is 30.6 Å². The number of nitrogens with one attached hydrogen (secondary N) is 4. The van der Waals surface area contributed by atoms with Gasteiger partial charge in [-0.1, -0.05) is 44.7 Å². The zero-order valence-electron chi connectivity index (χ0n) is 22.2. The van der Waals surface area contributed by atoms with Gasteiger partial charge in [0.15, 0.2) is 0 Å². The van der Waals surface area contributed by atoms with Gasteiger partial charge < -0.3 is 25.3 Å². The maximum absolute atomic E-state index is 12.7. The molecule has 0 aliphatic rings. The molecule has 2 heterocycles. The minimum Gasteiger partial charge on any atom is -0.453 e. The summed E-state index contributed by atoms with van der Waals surface area (Å²) in [6.45, 7) is 7.60. The van der Waals surface area contributed by atoms with E-state index < -0.39 is 12.1 Å². The summed E-state index contributed by atoms with van der Waals surface area (Å²) in [4.78, 5) is 39.9. The molecule has 4 rings (SSSR count). The number of rotatable bonds is 7. The Bertz CT molecular complexity index is 1490. The van der Waals surface area contributed by atoms with Crippen LogP contribution in [0.4, 0.5) is 4.79 Å². The molecule has 0 aliphatic heterocycles. The Morgan fingerprint density at radius 2 is 1.71 bits per heavy atom. The van der Waals surface area contributed by atoms with Crippen LogP contribution >= 0.6 is 0 Å². The highest BCUT2D eigenvalue weighted by Crippen LogP contribution is 2.20. The first kappa shape index (κ1) is 26.5. The van der Waals surface area contributed by atoms with Crippen molar-refractivity contribution in [3.05, 3.63) is 71.4 Å². The molecule has 0 saturated heterocycles. The number of H-pyrrole nitrogens is 2. The van der Waals surface area contributed by atoms with Gasteiger partial charge in [0, 0.05) is 17.5 Å². The highest BCUT2D eigenvalue weighted by Gasteiger charge is 2.26. The summed E-state index contributed by atoms with van der Waals surface area (Å²) in [6, 6.07) is 12.8. The van der Waals surface area contributed by atoms with Crippen LogP contribution in [0.2, 0.25) is 0 Å². The quantitative estimate of drug-likeness (QED) is 0.272. The highest BCUT2D eigenvalue weighted by atomic mass is 16.5. The fraction of sp³-hybridized carbons (Fsp3) is 0.310. The standard InChI is InChI=1S/C29H32N6O3/c1-6-25-32-22-14-11-20(15-23(22)33-25)8-7-19-9-12-21(13-10-19)24-16-30-27(34-24)18(4)31-28(36)26(17(2)3)35-29(37)38-5/h9-18,26H,6H2,1-5H3,(H,30,34)(H,31,36)(H,32,33)(H,35,37). The monoisotopic (exact) mass is 512 g/mol. The average molecular weight is 513 g/mol. The number of carbonyl (C=O) groups excluding carboxylic acids is 2. The minimum absolute atomic E-state index is 0.114. The van der Waals surface area contributed by atoms with E-state index in [4.69, 9.17) is 0 Å². The van der Waals surface area contributed by atoms with Crippen LogP contribution in [0.15, 0.2) is 48.7 Å². The van der Waals surface area contributed by atoms with E-state index >= 15 is 0 Å². The summed E-state index contributed by atoms with van der Waals surface area (Å²) in [7, 11) is 1.26. The number of benzene rings is 2. The van der Waals surface area contributed by atoms with Gasteiger partial charge in [0.1, 0.15) is 17.7 Å². The zero-order valence-corrected chi connectivity index (χ0v) is 22.2. The van der Waals surface area contributed by atoms with E-state index in [9.17, 15) is 9.59 Å². The lowest BCUT2D eigenvalue weighted by molar-refractivity contribution is -0.124. The second-order valence-corrected chi connectivity index (χ2v) is 9.37. The van der Waals surface area contributed by atoms with Crippen molar-refractivity contribution in [3.63, 3.8) is 0 Å². The van der Waals surface area contributed by atoms with E-state index in [0.717, 1.165) is 45.7 Å². The van der Waals surface area contributed by atoms with Gasteiger partial charge in [-0.15, -0.1) is 0 Å². The van der Waals surface area contributed by atoms with Gasteiger partial charge in [-0.2, -0.15) is 0 Å². The molecule has 0 bridgehead atoms. The molecule has 2 amide bonds. The number of aromatic nitrogens is 4. The Kier molecular flexibility index (Phi) is 8.12. The summed E-state index contributed by atoms with van der Waals surface area (Å²) in [5.41, 5.74) is 5.52. The number of imidazole rings is 2. The third-order valence-corrected chi connectivity index (χ3v) is 6.19. The Morgan fingerprint density at radius 3 is 2.39 bits per heavy atom. The van der Waals surface area contributed by atoms with Gasteiger partial charge in [0.2, 0.25) is 5.91 Å². The van der Waals surface area contributed by atoms with Crippen molar-refractivity contribution in [2.45, 2.75) is 46.2 Å². The lowest BCUT2D eigenvalue weighted by atomic mass is 10.0. The van der Waals surface area contributed by atoms with Crippen LogP contribution < -0.4 is 10.6 Å². The van der Waals surface area contributed by atoms with E-state index in [1.807, 2.05) is 63.2 Å².